The molecule has 1 amide bonds. The lowest BCUT2D eigenvalue weighted by atomic mass is 10.0. The summed E-state index contributed by atoms with van der Waals surface area (Å²) in [6, 6.07) is 5.12. The number of carbonyl (C=O) groups is 1. The molecule has 5 rings (SSSR count). The van der Waals surface area contributed by atoms with E-state index in [4.69, 9.17) is 14.2 Å². The van der Waals surface area contributed by atoms with Gasteiger partial charge in [-0.2, -0.15) is 4.98 Å². The van der Waals surface area contributed by atoms with Crippen LogP contribution in [0.1, 0.15) is 18.5 Å². The van der Waals surface area contributed by atoms with Gasteiger partial charge in [0, 0.05) is 44.4 Å². The molecule has 12 nitrogen and oxygen atoms in total. The lowest BCUT2D eigenvalue weighted by molar-refractivity contribution is 0.0848. The quantitative estimate of drug-likeness (QED) is 0.514. The highest BCUT2D eigenvalue weighted by Crippen LogP contribution is 2.30. The minimum atomic E-state index is -0.972. The molecule has 36 heavy (non-hydrogen) atoms. The Hall–Kier alpha value is -3.93. The molecule has 0 atom stereocenters. The minimum Gasteiger partial charge on any atom is -0.486 e. The Kier molecular flexibility index (Phi) is 6.85. The van der Waals surface area contributed by atoms with Crippen LogP contribution in [0.5, 0.6) is 17.4 Å². The summed E-state index contributed by atoms with van der Waals surface area (Å²) in [5.41, 5.74) is 1.51. The molecule has 0 spiro atoms. The first-order valence-electron chi connectivity index (χ1n) is 11.9. The molecule has 3 aromatic rings. The smallest absolute Gasteiger partial charge is 0.407 e. The Bertz CT molecular complexity index is 1310. The first kappa shape index (κ1) is 23.8. The van der Waals surface area contributed by atoms with E-state index in [9.17, 15) is 14.7 Å². The van der Waals surface area contributed by atoms with Crippen LogP contribution >= 0.6 is 0 Å². The van der Waals surface area contributed by atoms with E-state index in [0.29, 0.717) is 73.4 Å². The van der Waals surface area contributed by atoms with E-state index < -0.39 is 6.09 Å². The predicted octanol–water partition coefficient (Wildman–Crippen LogP) is 1.61. The van der Waals surface area contributed by atoms with Gasteiger partial charge in [0.05, 0.1) is 31.7 Å². The Morgan fingerprint density at radius 2 is 1.92 bits per heavy atom. The third-order valence-corrected chi connectivity index (χ3v) is 6.58. The number of hydrogen-bond acceptors (Lipinski definition) is 9. The van der Waals surface area contributed by atoms with Gasteiger partial charge in [0.2, 0.25) is 5.88 Å². The molecule has 2 aliphatic rings. The lowest BCUT2D eigenvalue weighted by Gasteiger charge is -2.37. The fourth-order valence-corrected chi connectivity index (χ4v) is 4.65. The molecule has 0 saturated carbocycles. The summed E-state index contributed by atoms with van der Waals surface area (Å²) in [5.74, 6) is 1.60. The summed E-state index contributed by atoms with van der Waals surface area (Å²) in [5, 5.41) is 9.88. The summed E-state index contributed by atoms with van der Waals surface area (Å²) in [4.78, 5) is 41.2. The van der Waals surface area contributed by atoms with Crippen LogP contribution in [0.15, 0.2) is 35.4 Å². The van der Waals surface area contributed by atoms with Crippen molar-refractivity contribution < 1.29 is 24.1 Å². The molecule has 1 saturated heterocycles. The number of carboxylic acid groups (broad SMARTS) is 1. The van der Waals surface area contributed by atoms with Crippen molar-refractivity contribution in [1.29, 1.82) is 0 Å². The number of rotatable bonds is 7. The van der Waals surface area contributed by atoms with Gasteiger partial charge in [0.1, 0.15) is 18.7 Å². The molecule has 3 aromatic heterocycles. The van der Waals surface area contributed by atoms with Gasteiger partial charge in [0.15, 0.2) is 17.1 Å². The third-order valence-electron chi connectivity index (χ3n) is 6.58. The monoisotopic (exact) mass is 496 g/mol. The second kappa shape index (κ2) is 10.4. The Labute approximate surface area is 207 Å². The van der Waals surface area contributed by atoms with Crippen molar-refractivity contribution in [2.45, 2.75) is 32.0 Å². The molecular formula is C24H28N6O6. The summed E-state index contributed by atoms with van der Waals surface area (Å²) >= 11 is 0. The predicted molar refractivity (Wildman–Crippen MR) is 129 cm³/mol. The molecule has 0 aliphatic carbocycles. The summed E-state index contributed by atoms with van der Waals surface area (Å²) in [6.45, 7) is 3.65. The molecule has 1 fully saturated rings. The van der Waals surface area contributed by atoms with Gasteiger partial charge in [-0.1, -0.05) is 0 Å². The van der Waals surface area contributed by atoms with Crippen LogP contribution in [0.3, 0.4) is 0 Å². The zero-order valence-corrected chi connectivity index (χ0v) is 20.0. The van der Waals surface area contributed by atoms with Crippen molar-refractivity contribution in [3.05, 3.63) is 46.6 Å². The number of likely N-dealkylation sites (tertiary alicyclic amines) is 1. The zero-order chi connectivity index (χ0) is 25.1. The molecule has 0 radical (unpaired) electrons. The molecule has 2 aliphatic heterocycles. The number of aromatic nitrogens is 4. The zero-order valence-electron chi connectivity index (χ0n) is 20.0. The Morgan fingerprint density at radius 3 is 2.67 bits per heavy atom. The van der Waals surface area contributed by atoms with Crippen molar-refractivity contribution >= 4 is 17.3 Å². The second-order valence-corrected chi connectivity index (χ2v) is 8.75. The van der Waals surface area contributed by atoms with Crippen LogP contribution in [0.2, 0.25) is 0 Å². The number of methoxy groups -OCH3 is 1. The van der Waals surface area contributed by atoms with E-state index in [1.165, 1.54) is 18.2 Å². The van der Waals surface area contributed by atoms with E-state index in [0.717, 1.165) is 13.1 Å². The molecule has 0 bridgehead atoms. The number of amides is 1. The van der Waals surface area contributed by atoms with Crippen molar-refractivity contribution in [1.82, 2.24) is 29.3 Å². The highest BCUT2D eigenvalue weighted by atomic mass is 16.6. The van der Waals surface area contributed by atoms with Gasteiger partial charge < -0.3 is 24.2 Å². The van der Waals surface area contributed by atoms with Gasteiger partial charge in [-0.3, -0.25) is 19.2 Å². The van der Waals surface area contributed by atoms with Crippen molar-refractivity contribution in [3.63, 3.8) is 0 Å². The first-order valence-corrected chi connectivity index (χ1v) is 11.9. The van der Waals surface area contributed by atoms with Crippen LogP contribution in [-0.4, -0.2) is 86.5 Å². The van der Waals surface area contributed by atoms with E-state index in [-0.39, 0.29) is 18.1 Å². The van der Waals surface area contributed by atoms with E-state index in [1.54, 1.807) is 29.0 Å². The van der Waals surface area contributed by atoms with E-state index in [1.807, 2.05) is 0 Å². The van der Waals surface area contributed by atoms with Crippen LogP contribution in [-0.2, 0) is 13.1 Å². The van der Waals surface area contributed by atoms with Crippen molar-refractivity contribution in [2.75, 3.05) is 40.0 Å². The number of hydrogen-bond donors (Lipinski definition) is 1. The number of ether oxygens (including phenoxy) is 3. The van der Waals surface area contributed by atoms with Crippen molar-refractivity contribution in [3.8, 4) is 17.4 Å². The van der Waals surface area contributed by atoms with Gasteiger partial charge in [-0.05, 0) is 18.9 Å². The maximum absolute atomic E-state index is 12.5. The maximum atomic E-state index is 12.5. The van der Waals surface area contributed by atoms with E-state index >= 15 is 0 Å². The SMILES string of the molecule is COc1ccc2ncc(=O)n(CCN3CCC(N(Cc4cc5c(cn4)OCCO5)C(=O)O)CC3)c2n1. The number of pyridine rings is 2. The molecule has 12 heteroatoms. The molecule has 0 aromatic carbocycles. The molecular weight excluding hydrogens is 468 g/mol. The van der Waals surface area contributed by atoms with Crippen molar-refractivity contribution in [2.24, 2.45) is 0 Å². The van der Waals surface area contributed by atoms with Gasteiger partial charge in [0.25, 0.3) is 5.56 Å². The third kappa shape index (κ3) is 5.03. The number of fused-ring (bicyclic) bond motifs is 2. The average molecular weight is 497 g/mol. The highest BCUT2D eigenvalue weighted by molar-refractivity contribution is 5.70. The largest absolute Gasteiger partial charge is 0.486 e. The van der Waals surface area contributed by atoms with Gasteiger partial charge >= 0.3 is 6.09 Å². The minimum absolute atomic E-state index is 0.121. The fourth-order valence-electron chi connectivity index (χ4n) is 4.65. The van der Waals surface area contributed by atoms with E-state index in [2.05, 4.69) is 19.9 Å². The standard InChI is InChI=1S/C24H28N6O6/c1-34-21-3-2-18-23(27-21)29(22(31)14-26-18)9-8-28-6-4-17(5-7-28)30(24(32)33)15-16-12-19-20(13-25-16)36-11-10-35-19/h2-3,12-14,17H,4-11,15H2,1H3,(H,32,33). The lowest BCUT2D eigenvalue weighted by Crippen LogP contribution is -2.47. The van der Waals surface area contributed by atoms with Crippen LogP contribution in [0.25, 0.3) is 11.2 Å². The topological polar surface area (TPSA) is 132 Å². The second-order valence-electron chi connectivity index (χ2n) is 8.75. The molecule has 0 unspecified atom stereocenters. The molecule has 1 N–H and O–H groups in total. The maximum Gasteiger partial charge on any atom is 0.407 e. The summed E-state index contributed by atoms with van der Waals surface area (Å²) < 4.78 is 17.9. The van der Waals surface area contributed by atoms with Crippen LogP contribution < -0.4 is 19.8 Å². The normalized spacial score (nSPS) is 16.1. The van der Waals surface area contributed by atoms with Gasteiger partial charge in [-0.25, -0.2) is 9.78 Å². The highest BCUT2D eigenvalue weighted by Gasteiger charge is 2.29. The first-order chi connectivity index (χ1) is 17.5. The molecule has 5 heterocycles. The number of piperidine rings is 1. The fraction of sp³-hybridized carbons (Fsp3) is 0.458. The number of nitrogens with zero attached hydrogens (tertiary/aromatic N) is 6. The Balaban J connectivity index is 1.21. The van der Waals surface area contributed by atoms with Gasteiger partial charge in [-0.15, -0.1) is 0 Å². The summed E-state index contributed by atoms with van der Waals surface area (Å²) in [7, 11) is 1.53. The summed E-state index contributed by atoms with van der Waals surface area (Å²) in [6.07, 6.45) is 3.30. The van der Waals surface area contributed by atoms with Crippen LogP contribution in [0.4, 0.5) is 4.79 Å². The van der Waals surface area contributed by atoms with Crippen LogP contribution in [0, 0.1) is 0 Å². The average Bonchev–Trinajstić information content (AvgIpc) is 2.91. The Morgan fingerprint density at radius 1 is 1.14 bits per heavy atom. The molecule has 190 valence electrons.